The predicted molar refractivity (Wildman–Crippen MR) is 308 cm³/mol. The Balaban J connectivity index is 0.00000391. The summed E-state index contributed by atoms with van der Waals surface area (Å²) in [4.78, 5) is 0. The summed E-state index contributed by atoms with van der Waals surface area (Å²) in [6, 6.07) is 18.0. The van der Waals surface area contributed by atoms with E-state index in [9.17, 15) is 5.53 Å². The molecule has 1 heterocycles. The minimum atomic E-state index is 0. The Morgan fingerprint density at radius 3 is 1.34 bits per heavy atom. The molecule has 1 aliphatic rings. The molecule has 0 atom stereocenters. The molecule has 70 heavy (non-hydrogen) atoms. The second kappa shape index (κ2) is 49.6. The average molecular weight is 1000 g/mol. The third-order valence-corrected chi connectivity index (χ3v) is 13.7. The van der Waals surface area contributed by atoms with Crippen LogP contribution in [0.3, 0.4) is 0 Å². The van der Waals surface area contributed by atoms with Crippen LogP contribution < -0.4 is 0 Å². The summed E-state index contributed by atoms with van der Waals surface area (Å²) < 4.78 is 1.62. The van der Waals surface area contributed by atoms with Crippen LogP contribution in [0.1, 0.15) is 301 Å². The summed E-state index contributed by atoms with van der Waals surface area (Å²) in [6.07, 6.45) is 52.6. The Morgan fingerprint density at radius 1 is 0.429 bits per heavy atom. The zero-order valence-corrected chi connectivity index (χ0v) is 47.7. The molecule has 2 nitrogen and oxygen atoms in total. The molecule has 0 spiro atoms. The average Bonchev–Trinajstić information content (AvgIpc) is 3.64. The van der Waals surface area contributed by atoms with Gasteiger partial charge in [-0.2, -0.15) is 0 Å². The molecule has 0 unspecified atom stereocenters. The Hall–Kier alpha value is -2.95. The molecule has 3 heteroatoms. The number of rotatable bonds is 40. The Morgan fingerprint density at radius 2 is 0.857 bits per heavy atom. The third-order valence-electron chi connectivity index (χ3n) is 13.7. The number of hydrogen-bond acceptors (Lipinski definition) is 0. The smallest absolute Gasteiger partial charge is 0.518 e. The molecule has 0 saturated carbocycles. The fourth-order valence-corrected chi connectivity index (χ4v) is 9.44. The molecular formula is C67H108N2Ni. The van der Waals surface area contributed by atoms with Crippen molar-refractivity contribution in [2.45, 2.75) is 292 Å². The number of nitrogens with zero attached hydrogens (tertiary/aromatic N) is 2. The Kier molecular flexibility index (Phi) is 47.5. The van der Waals surface area contributed by atoms with E-state index in [0.29, 0.717) is 0 Å². The fourth-order valence-electron chi connectivity index (χ4n) is 9.44. The molecular weight excluding hydrogens is 891 g/mol. The maximum absolute atomic E-state index is 12.4. The molecule has 0 amide bonds. The van der Waals surface area contributed by atoms with Gasteiger partial charge in [-0.05, 0) is 87.1 Å². The topological polar surface area (TPSA) is 25.3 Å². The van der Waals surface area contributed by atoms with Crippen LogP contribution in [0.2, 0.25) is 0 Å². The number of benzene rings is 2. The summed E-state index contributed by atoms with van der Waals surface area (Å²) in [5.41, 5.74) is 22.3. The van der Waals surface area contributed by atoms with Crippen LogP contribution in [0.25, 0.3) is 16.9 Å². The predicted octanol–water partition coefficient (Wildman–Crippen LogP) is 22.4. The Labute approximate surface area is 446 Å². The maximum atomic E-state index is 12.4. The van der Waals surface area contributed by atoms with Crippen molar-refractivity contribution in [3.8, 4) is 11.8 Å². The van der Waals surface area contributed by atoms with Gasteiger partial charge < -0.3 is 18.7 Å². The van der Waals surface area contributed by atoms with Crippen LogP contribution in [0.4, 0.5) is 0 Å². The zero-order chi connectivity index (χ0) is 50.3. The molecule has 0 aliphatic carbocycles. The summed E-state index contributed by atoms with van der Waals surface area (Å²) in [5, 5.41) is 0. The van der Waals surface area contributed by atoms with E-state index in [-0.39, 0.29) is 16.5 Å². The normalized spacial score (nSPS) is 11.9. The van der Waals surface area contributed by atoms with Crippen LogP contribution in [-0.4, -0.2) is 4.70 Å². The summed E-state index contributed by atoms with van der Waals surface area (Å²) in [7, 11) is 0. The van der Waals surface area contributed by atoms with E-state index in [2.05, 4.69) is 102 Å². The number of aryl methyl sites for hydroxylation is 2. The molecule has 2 aromatic rings. The molecule has 0 bridgehead atoms. The van der Waals surface area contributed by atoms with E-state index in [0.717, 1.165) is 94.0 Å². The van der Waals surface area contributed by atoms with Crippen LogP contribution in [-0.2, 0) is 29.3 Å². The van der Waals surface area contributed by atoms with Gasteiger partial charge in [0.1, 0.15) is 0 Å². The first kappa shape index (κ1) is 67.1. The van der Waals surface area contributed by atoms with Gasteiger partial charge in [-0.15, -0.1) is 11.8 Å². The first-order chi connectivity index (χ1) is 34.0. The van der Waals surface area contributed by atoms with Crippen molar-refractivity contribution in [3.63, 3.8) is 0 Å². The SMILES string of the molecule is CCCCCCCCCCCCCCCCCCCC#CCCCc1ccccc1C1=C(CCCCCCCC)C(CCCCC)=C(c2cccc(CCCC)c2)[N+]1=[N-].[CH-]=CCCC.[CH-]=CCCC.[Ni+2]. The zero-order valence-electron chi connectivity index (χ0n) is 46.7. The van der Waals surface area contributed by atoms with Gasteiger partial charge in [-0.25, -0.2) is 4.70 Å². The minimum absolute atomic E-state index is 0. The van der Waals surface area contributed by atoms with E-state index >= 15 is 0 Å². The van der Waals surface area contributed by atoms with Gasteiger partial charge in [0, 0.05) is 35.1 Å². The summed E-state index contributed by atoms with van der Waals surface area (Å²) >= 11 is 0. The molecule has 0 N–H and O–H groups in total. The van der Waals surface area contributed by atoms with Crippen molar-refractivity contribution in [2.24, 2.45) is 0 Å². The fraction of sp³-hybridized carbons (Fsp3) is 0.672. The van der Waals surface area contributed by atoms with E-state index in [1.54, 1.807) is 16.8 Å². The second-order valence-corrected chi connectivity index (χ2v) is 20.1. The van der Waals surface area contributed by atoms with Gasteiger partial charge in [0.05, 0.1) is 0 Å². The van der Waals surface area contributed by atoms with Crippen molar-refractivity contribution in [2.75, 3.05) is 0 Å². The quantitative estimate of drug-likeness (QED) is 0.0209. The van der Waals surface area contributed by atoms with Crippen LogP contribution >= 0.6 is 0 Å². The van der Waals surface area contributed by atoms with Crippen molar-refractivity contribution in [1.82, 2.24) is 0 Å². The van der Waals surface area contributed by atoms with Crippen LogP contribution in [0.5, 0.6) is 0 Å². The van der Waals surface area contributed by atoms with Crippen molar-refractivity contribution >= 4 is 11.4 Å². The molecule has 0 radical (unpaired) electrons. The van der Waals surface area contributed by atoms with E-state index in [1.807, 2.05) is 0 Å². The van der Waals surface area contributed by atoms with Gasteiger partial charge in [0.15, 0.2) is 0 Å². The summed E-state index contributed by atoms with van der Waals surface area (Å²) in [6.45, 7) is 23.4. The minimum Gasteiger partial charge on any atom is -0.518 e. The van der Waals surface area contributed by atoms with Gasteiger partial charge in [-0.3, -0.25) is 12.2 Å². The van der Waals surface area contributed by atoms with Gasteiger partial charge >= 0.3 is 16.5 Å². The van der Waals surface area contributed by atoms with Crippen LogP contribution in [0, 0.1) is 25.0 Å². The van der Waals surface area contributed by atoms with Crippen LogP contribution in [0.15, 0.2) is 71.8 Å². The van der Waals surface area contributed by atoms with Gasteiger partial charge in [0.25, 0.3) is 0 Å². The molecule has 0 aromatic heterocycles. The molecule has 1 aliphatic heterocycles. The van der Waals surface area contributed by atoms with Gasteiger partial charge in [0.2, 0.25) is 11.4 Å². The maximum Gasteiger partial charge on any atom is 2.00 e. The van der Waals surface area contributed by atoms with E-state index in [4.69, 9.17) is 13.2 Å². The molecule has 0 saturated heterocycles. The molecule has 2 aromatic carbocycles. The van der Waals surface area contributed by atoms with E-state index < -0.39 is 0 Å². The van der Waals surface area contributed by atoms with Crippen molar-refractivity contribution < 1.29 is 21.2 Å². The number of allylic oxidation sites excluding steroid dienone is 4. The standard InChI is InChI=1S/C57H90N2.2C5H9.Ni/c1-5-9-13-15-17-18-19-20-21-22-23-24-25-26-27-28-29-30-31-32-33-36-43-51-44-38-39-46-53(51)57-55(48-37-34-16-14-10-6-2)54(47-35-11-7-3)56(59(57)58)52-45-40-42-50(49-52)41-12-8-4;2*1-3-5-4-2;/h38-40,42,44-46,49H,5-30,33-37,41,43,47-48H2,1-4H3;2*1,3H,4-5H2,2H3;/q;2*-1;+2. The van der Waals surface area contributed by atoms with E-state index in [1.165, 1.54) is 201 Å². The van der Waals surface area contributed by atoms with Crippen molar-refractivity contribution in [1.29, 1.82) is 0 Å². The second-order valence-electron chi connectivity index (χ2n) is 20.1. The van der Waals surface area contributed by atoms with Crippen molar-refractivity contribution in [3.05, 3.63) is 113 Å². The third kappa shape index (κ3) is 32.2. The first-order valence-corrected chi connectivity index (χ1v) is 29.6. The largest absolute Gasteiger partial charge is 2.00 e. The monoisotopic (exact) mass is 999 g/mol. The number of unbranched alkanes of at least 4 members (excludes halogenated alkanes) is 28. The van der Waals surface area contributed by atoms with Gasteiger partial charge in [-0.1, -0.05) is 252 Å². The molecule has 3 rings (SSSR count). The summed E-state index contributed by atoms with van der Waals surface area (Å²) in [5.74, 6) is 7.03. The Bertz CT molecular complexity index is 1690. The number of hydrogen-bond donors (Lipinski definition) is 0. The first-order valence-electron chi connectivity index (χ1n) is 29.6. The molecule has 0 fully saturated rings. The molecule has 396 valence electrons.